The predicted octanol–water partition coefficient (Wildman–Crippen LogP) is 4.38. The smallest absolute Gasteiger partial charge is 0.123 e. The maximum absolute atomic E-state index is 13.4. The molecule has 0 saturated carbocycles. The van der Waals surface area contributed by atoms with Crippen LogP contribution in [-0.2, 0) is 13.2 Å². The van der Waals surface area contributed by atoms with Gasteiger partial charge in [-0.2, -0.15) is 0 Å². The van der Waals surface area contributed by atoms with Gasteiger partial charge in [-0.25, -0.2) is 4.39 Å². The molecule has 0 bridgehead atoms. The molecule has 21 heavy (non-hydrogen) atoms. The van der Waals surface area contributed by atoms with Crippen molar-refractivity contribution in [3.05, 3.63) is 65.0 Å². The van der Waals surface area contributed by atoms with E-state index in [1.807, 2.05) is 18.2 Å². The third-order valence-electron chi connectivity index (χ3n) is 3.72. The lowest BCUT2D eigenvalue weighted by molar-refractivity contribution is 0.305. The molecule has 0 saturated heterocycles. The third-order valence-corrected chi connectivity index (χ3v) is 3.72. The molecule has 2 aromatic carbocycles. The second-order valence-electron chi connectivity index (χ2n) is 5.34. The van der Waals surface area contributed by atoms with E-state index in [9.17, 15) is 4.39 Å². The maximum Gasteiger partial charge on any atom is 0.123 e. The zero-order valence-corrected chi connectivity index (χ0v) is 12.6. The summed E-state index contributed by atoms with van der Waals surface area (Å²) in [5.41, 5.74) is 8.42. The second-order valence-corrected chi connectivity index (χ2v) is 5.34. The van der Waals surface area contributed by atoms with Crippen LogP contribution in [0.3, 0.4) is 0 Å². The van der Waals surface area contributed by atoms with Crippen LogP contribution in [-0.4, -0.2) is 0 Å². The minimum Gasteiger partial charge on any atom is -0.489 e. The summed E-state index contributed by atoms with van der Waals surface area (Å²) >= 11 is 0. The predicted molar refractivity (Wildman–Crippen MR) is 83.8 cm³/mol. The highest BCUT2D eigenvalue weighted by Crippen LogP contribution is 2.22. The van der Waals surface area contributed by atoms with Crippen LogP contribution in [0.5, 0.6) is 5.75 Å². The Balaban J connectivity index is 2.01. The van der Waals surface area contributed by atoms with E-state index in [0.29, 0.717) is 19.1 Å². The Bertz CT molecular complexity index is 580. The van der Waals surface area contributed by atoms with Crippen molar-refractivity contribution in [3.63, 3.8) is 0 Å². The summed E-state index contributed by atoms with van der Waals surface area (Å²) in [6.45, 7) is 5.05. The molecule has 0 fully saturated rings. The fourth-order valence-electron chi connectivity index (χ4n) is 2.21. The monoisotopic (exact) mass is 287 g/mol. The summed E-state index contributed by atoms with van der Waals surface area (Å²) in [6, 6.07) is 12.9. The van der Waals surface area contributed by atoms with Crippen LogP contribution in [0.1, 0.15) is 42.9 Å². The van der Waals surface area contributed by atoms with Crippen LogP contribution in [0.2, 0.25) is 0 Å². The lowest BCUT2D eigenvalue weighted by atomic mass is 9.99. The Morgan fingerprint density at radius 2 is 1.76 bits per heavy atom. The van der Waals surface area contributed by atoms with Gasteiger partial charge in [-0.05, 0) is 53.3 Å². The van der Waals surface area contributed by atoms with E-state index in [1.54, 1.807) is 0 Å². The topological polar surface area (TPSA) is 35.2 Å². The Morgan fingerprint density at radius 1 is 1.10 bits per heavy atom. The summed E-state index contributed by atoms with van der Waals surface area (Å²) in [6.07, 6.45) is 1.12. The van der Waals surface area contributed by atoms with Crippen LogP contribution in [0.25, 0.3) is 0 Å². The summed E-state index contributed by atoms with van der Waals surface area (Å²) in [7, 11) is 0. The minimum atomic E-state index is -0.274. The molecule has 2 nitrogen and oxygen atoms in total. The highest BCUT2D eigenvalue weighted by molar-refractivity contribution is 5.30. The largest absolute Gasteiger partial charge is 0.489 e. The first-order chi connectivity index (χ1) is 10.1. The van der Waals surface area contributed by atoms with Gasteiger partial charge in [0.05, 0.1) is 0 Å². The van der Waals surface area contributed by atoms with Gasteiger partial charge in [0.2, 0.25) is 0 Å². The van der Waals surface area contributed by atoms with Crippen LogP contribution in [0.15, 0.2) is 42.5 Å². The number of ether oxygens (including phenoxy) is 1. The number of hydrogen-bond acceptors (Lipinski definition) is 2. The van der Waals surface area contributed by atoms with E-state index in [1.165, 1.54) is 17.7 Å². The van der Waals surface area contributed by atoms with E-state index in [2.05, 4.69) is 26.0 Å². The van der Waals surface area contributed by atoms with E-state index in [0.717, 1.165) is 23.3 Å². The van der Waals surface area contributed by atoms with Crippen molar-refractivity contribution < 1.29 is 9.13 Å². The van der Waals surface area contributed by atoms with Gasteiger partial charge in [0.1, 0.15) is 18.2 Å². The lowest BCUT2D eigenvalue weighted by Crippen LogP contribution is -2.01. The first kappa shape index (κ1) is 15.5. The van der Waals surface area contributed by atoms with Crippen molar-refractivity contribution in [1.29, 1.82) is 0 Å². The second kappa shape index (κ2) is 7.23. The number of rotatable bonds is 6. The molecule has 0 amide bonds. The van der Waals surface area contributed by atoms with Crippen molar-refractivity contribution in [1.82, 2.24) is 0 Å². The maximum atomic E-state index is 13.4. The molecule has 0 radical (unpaired) electrons. The molecule has 1 atom stereocenters. The highest BCUT2D eigenvalue weighted by Gasteiger charge is 2.04. The standard InChI is InChI=1S/C18H22FNO/c1-3-13(2)16-4-6-18(7-5-16)21-12-15-8-14(11-20)9-17(19)10-15/h4-10,13H,3,11-12,20H2,1-2H3. The average Bonchev–Trinajstić information content (AvgIpc) is 2.52. The van der Waals surface area contributed by atoms with Crippen LogP contribution >= 0.6 is 0 Å². The third kappa shape index (κ3) is 4.30. The Kier molecular flexibility index (Phi) is 5.34. The van der Waals surface area contributed by atoms with Gasteiger partial charge in [0, 0.05) is 6.54 Å². The number of halogens is 1. The van der Waals surface area contributed by atoms with Crippen molar-refractivity contribution in [2.24, 2.45) is 5.73 Å². The highest BCUT2D eigenvalue weighted by atomic mass is 19.1. The molecule has 0 aromatic heterocycles. The van der Waals surface area contributed by atoms with Gasteiger partial charge in [-0.15, -0.1) is 0 Å². The first-order valence-electron chi connectivity index (χ1n) is 7.33. The molecule has 2 aromatic rings. The molecular formula is C18H22FNO. The summed E-state index contributed by atoms with van der Waals surface area (Å²) in [5.74, 6) is 1.07. The molecule has 0 aliphatic rings. The molecule has 1 unspecified atom stereocenters. The molecule has 0 aliphatic carbocycles. The zero-order valence-electron chi connectivity index (χ0n) is 12.6. The van der Waals surface area contributed by atoms with Gasteiger partial charge >= 0.3 is 0 Å². The minimum absolute atomic E-state index is 0.274. The fourth-order valence-corrected chi connectivity index (χ4v) is 2.21. The molecule has 0 heterocycles. The molecule has 112 valence electrons. The van der Waals surface area contributed by atoms with Gasteiger partial charge in [-0.3, -0.25) is 0 Å². The molecule has 0 spiro atoms. The van der Waals surface area contributed by atoms with Crippen LogP contribution < -0.4 is 10.5 Å². The van der Waals surface area contributed by atoms with Crippen LogP contribution in [0.4, 0.5) is 4.39 Å². The Hall–Kier alpha value is -1.87. The van der Waals surface area contributed by atoms with Gasteiger partial charge < -0.3 is 10.5 Å². The van der Waals surface area contributed by atoms with Gasteiger partial charge in [0.25, 0.3) is 0 Å². The summed E-state index contributed by atoms with van der Waals surface area (Å²) in [5, 5.41) is 0. The van der Waals surface area contributed by atoms with E-state index >= 15 is 0 Å². The number of benzene rings is 2. The summed E-state index contributed by atoms with van der Waals surface area (Å²) < 4.78 is 19.1. The normalized spacial score (nSPS) is 12.2. The van der Waals surface area contributed by atoms with Gasteiger partial charge in [-0.1, -0.05) is 32.0 Å². The zero-order chi connectivity index (χ0) is 15.2. The van der Waals surface area contributed by atoms with E-state index in [-0.39, 0.29) is 5.82 Å². The molecular weight excluding hydrogens is 265 g/mol. The van der Waals surface area contributed by atoms with E-state index in [4.69, 9.17) is 10.5 Å². The first-order valence-corrected chi connectivity index (χ1v) is 7.33. The van der Waals surface area contributed by atoms with Crippen LogP contribution in [0, 0.1) is 5.82 Å². The fraction of sp³-hybridized carbons (Fsp3) is 0.333. The summed E-state index contributed by atoms with van der Waals surface area (Å²) in [4.78, 5) is 0. The molecule has 3 heteroatoms. The molecule has 2 rings (SSSR count). The van der Waals surface area contributed by atoms with Crippen molar-refractivity contribution in [2.75, 3.05) is 0 Å². The Labute approximate surface area is 125 Å². The van der Waals surface area contributed by atoms with Crippen molar-refractivity contribution >= 4 is 0 Å². The van der Waals surface area contributed by atoms with Gasteiger partial charge in [0.15, 0.2) is 0 Å². The SMILES string of the molecule is CCC(C)c1ccc(OCc2cc(F)cc(CN)c2)cc1. The quantitative estimate of drug-likeness (QED) is 0.856. The number of hydrogen-bond donors (Lipinski definition) is 1. The average molecular weight is 287 g/mol. The van der Waals surface area contributed by atoms with E-state index < -0.39 is 0 Å². The van der Waals surface area contributed by atoms with Crippen molar-refractivity contribution in [2.45, 2.75) is 39.3 Å². The number of nitrogens with two attached hydrogens (primary N) is 1. The molecule has 2 N–H and O–H groups in total. The molecule has 0 aliphatic heterocycles. The van der Waals surface area contributed by atoms with Crippen molar-refractivity contribution in [3.8, 4) is 5.75 Å². The Morgan fingerprint density at radius 3 is 2.38 bits per heavy atom. The lowest BCUT2D eigenvalue weighted by Gasteiger charge is -2.11.